The molecule has 0 amide bonds. The number of aliphatic hydroxyl groups excluding tert-OH is 1. The highest BCUT2D eigenvalue weighted by atomic mass is 36.0. The van der Waals surface area contributed by atoms with Crippen molar-refractivity contribution in [1.29, 1.82) is 0 Å². The molecule has 0 aromatic heterocycles. The average molecular weight is 345 g/mol. The van der Waals surface area contributed by atoms with E-state index in [1.54, 1.807) is 6.92 Å². The van der Waals surface area contributed by atoms with E-state index in [1.807, 2.05) is 6.92 Å². The van der Waals surface area contributed by atoms with Gasteiger partial charge in [-0.2, -0.15) is 0 Å². The largest absolute Gasteiger partial charge is 0.440 e. The zero-order chi connectivity index (χ0) is 14.3. The summed E-state index contributed by atoms with van der Waals surface area (Å²) < 4.78 is 0. The molecule has 0 heterocycles. The van der Waals surface area contributed by atoms with E-state index in [4.69, 9.17) is 54.6 Å². The van der Waals surface area contributed by atoms with Gasteiger partial charge in [0.05, 0.1) is 5.71 Å². The molecule has 0 saturated heterocycles. The zero-order valence-corrected chi connectivity index (χ0v) is 14.4. The van der Waals surface area contributed by atoms with E-state index in [0.29, 0.717) is 0 Å². The second-order valence-electron chi connectivity index (χ2n) is 3.04. The molecule has 0 saturated carbocycles. The second kappa shape index (κ2) is 16.8. The van der Waals surface area contributed by atoms with Gasteiger partial charge in [0.1, 0.15) is 0 Å². The molecule has 0 aliphatic carbocycles. The Balaban J connectivity index is -0.000000207. The van der Waals surface area contributed by atoms with Crippen LogP contribution in [0.3, 0.4) is 0 Å². The number of rotatable bonds is 4. The molecule has 2 N–H and O–H groups in total. The van der Waals surface area contributed by atoms with Gasteiger partial charge >= 0.3 is 5.31 Å². The Hall–Kier alpha value is 0.807. The lowest BCUT2D eigenvalue weighted by atomic mass is 10.1. The molecule has 0 aromatic rings. The Kier molecular flexibility index (Phi) is 22.7. The fraction of sp³-hybridized carbons (Fsp3) is 0.889. The van der Waals surface area contributed by atoms with Crippen molar-refractivity contribution < 1.29 is 10.3 Å². The van der Waals surface area contributed by atoms with Crippen LogP contribution in [0.25, 0.3) is 0 Å². The van der Waals surface area contributed by atoms with Gasteiger partial charge in [-0.3, -0.25) is 0 Å². The molecular formula is C9H21Cl4NO2Si. The maximum atomic E-state index is 8.22. The minimum Gasteiger partial charge on any atom is -0.411 e. The van der Waals surface area contributed by atoms with Gasteiger partial charge in [0.15, 0.2) is 0 Å². The average Bonchev–Trinajstić information content (AvgIpc) is 2.16. The molecule has 3 nitrogen and oxygen atoms in total. The van der Waals surface area contributed by atoms with Gasteiger partial charge in [0.25, 0.3) is 0 Å². The third-order valence-electron chi connectivity index (χ3n) is 1.31. The molecule has 0 radical (unpaired) electrons. The van der Waals surface area contributed by atoms with Crippen molar-refractivity contribution in [3.05, 3.63) is 0 Å². The molecule has 8 heteroatoms. The Labute approximate surface area is 124 Å². The quantitative estimate of drug-likeness (QED) is 0.192. The van der Waals surface area contributed by atoms with Crippen molar-refractivity contribution in [3.63, 3.8) is 0 Å². The summed E-state index contributed by atoms with van der Waals surface area (Å²) in [5, 5.41) is 16.1. The maximum Gasteiger partial charge on any atom is 0.440 e. The number of unbranched alkanes of at least 4 members (excludes halogenated alkanes) is 2. The van der Waals surface area contributed by atoms with Gasteiger partial charge in [-0.1, -0.05) is 24.9 Å². The molecule has 0 aliphatic rings. The number of aliphatic hydroxyl groups is 1. The van der Waals surface area contributed by atoms with Crippen LogP contribution in [0.1, 0.15) is 46.5 Å². The van der Waals surface area contributed by atoms with E-state index in [2.05, 4.69) is 12.1 Å². The van der Waals surface area contributed by atoms with Crippen LogP contribution in [-0.4, -0.2) is 27.9 Å². The number of halogens is 4. The minimum atomic E-state index is -2.72. The summed E-state index contributed by atoms with van der Waals surface area (Å²) in [7, 11) is 0. The Morgan fingerprint density at radius 2 is 1.47 bits per heavy atom. The Morgan fingerprint density at radius 1 is 1.12 bits per heavy atom. The van der Waals surface area contributed by atoms with Crippen LogP contribution in [0.4, 0.5) is 0 Å². The summed E-state index contributed by atoms with van der Waals surface area (Å²) in [4.78, 5) is 0. The predicted octanol–water partition coefficient (Wildman–Crippen LogP) is 4.79. The molecule has 17 heavy (non-hydrogen) atoms. The summed E-state index contributed by atoms with van der Waals surface area (Å²) in [5.41, 5.74) is 0.837. The molecule has 0 aliphatic heterocycles. The summed E-state index contributed by atoms with van der Waals surface area (Å²) in [6.07, 6.45) is 4.53. The van der Waals surface area contributed by atoms with Crippen LogP contribution in [0.2, 0.25) is 0 Å². The molecule has 0 rings (SSSR count). The lowest BCUT2D eigenvalue weighted by Gasteiger charge is -1.94. The molecule has 0 fully saturated rings. The molecule has 0 aromatic carbocycles. The topological polar surface area (TPSA) is 52.8 Å². The van der Waals surface area contributed by atoms with Crippen LogP contribution in [0, 0.1) is 0 Å². The van der Waals surface area contributed by atoms with E-state index in [-0.39, 0.29) is 6.61 Å². The van der Waals surface area contributed by atoms with Crippen LogP contribution in [0.5, 0.6) is 0 Å². The molecular weight excluding hydrogens is 324 g/mol. The van der Waals surface area contributed by atoms with Gasteiger partial charge in [-0.15, -0.1) is 44.3 Å². The normalized spacial score (nSPS) is 10.9. The smallest absolute Gasteiger partial charge is 0.411 e. The third kappa shape index (κ3) is 60.5. The minimum absolute atomic E-state index is 0.250. The zero-order valence-electron chi connectivity index (χ0n) is 10.4. The molecule has 0 unspecified atom stereocenters. The number of oxime groups is 1. The summed E-state index contributed by atoms with van der Waals surface area (Å²) in [6, 6.07) is 0. The predicted molar refractivity (Wildman–Crippen MR) is 81.0 cm³/mol. The Morgan fingerprint density at radius 3 is 1.71 bits per heavy atom. The standard InChI is InChI=1S/C7H15NO.C2H6O.Cl4Si/c1-3-4-5-6-7(2)8-9;1-2-3;1-5(2,3)4/h9H,3-6H2,1-2H3;3H,2H2,1H3;/b8-7-;;. The van der Waals surface area contributed by atoms with Crippen molar-refractivity contribution >= 4 is 55.3 Å². The number of hydrogen-bond acceptors (Lipinski definition) is 3. The van der Waals surface area contributed by atoms with E-state index < -0.39 is 5.31 Å². The first-order valence-corrected chi connectivity index (χ1v) is 11.3. The van der Waals surface area contributed by atoms with Crippen molar-refractivity contribution in [1.82, 2.24) is 0 Å². The highest BCUT2D eigenvalue weighted by molar-refractivity contribution is 7.81. The highest BCUT2D eigenvalue weighted by Crippen LogP contribution is 2.23. The summed E-state index contributed by atoms with van der Waals surface area (Å²) in [6.45, 7) is 5.93. The maximum absolute atomic E-state index is 8.22. The first-order chi connectivity index (χ1) is 7.72. The van der Waals surface area contributed by atoms with E-state index >= 15 is 0 Å². The third-order valence-corrected chi connectivity index (χ3v) is 1.31. The van der Waals surface area contributed by atoms with Crippen molar-refractivity contribution in [2.24, 2.45) is 5.16 Å². The SMILES string of the molecule is CCCCC/C(C)=N\O.CCO.Cl[Si](Cl)(Cl)Cl. The highest BCUT2D eigenvalue weighted by Gasteiger charge is 2.19. The van der Waals surface area contributed by atoms with Crippen LogP contribution < -0.4 is 0 Å². The number of nitrogens with zero attached hydrogens (tertiary/aromatic N) is 1. The van der Waals surface area contributed by atoms with Gasteiger partial charge in [-0.05, 0) is 26.7 Å². The first kappa shape index (κ1) is 22.9. The van der Waals surface area contributed by atoms with Gasteiger partial charge < -0.3 is 10.3 Å². The van der Waals surface area contributed by atoms with E-state index in [1.165, 1.54) is 12.8 Å². The van der Waals surface area contributed by atoms with Gasteiger partial charge in [-0.25, -0.2) is 0 Å². The van der Waals surface area contributed by atoms with Crippen molar-refractivity contribution in [2.45, 2.75) is 46.5 Å². The summed E-state index contributed by atoms with van der Waals surface area (Å²) >= 11 is 19.9. The van der Waals surface area contributed by atoms with Gasteiger partial charge in [0, 0.05) is 6.61 Å². The molecule has 106 valence electrons. The fourth-order valence-electron chi connectivity index (χ4n) is 0.681. The number of hydrogen-bond donors (Lipinski definition) is 2. The lowest BCUT2D eigenvalue weighted by Crippen LogP contribution is -1.91. The second-order valence-corrected chi connectivity index (χ2v) is 14.2. The Bertz CT molecular complexity index is 171. The van der Waals surface area contributed by atoms with Crippen LogP contribution in [-0.2, 0) is 0 Å². The molecule has 0 bridgehead atoms. The summed E-state index contributed by atoms with van der Waals surface area (Å²) in [5.74, 6) is 0. The lowest BCUT2D eigenvalue weighted by molar-refractivity contribution is 0.317. The first-order valence-electron chi connectivity index (χ1n) is 5.26. The fourth-order valence-corrected chi connectivity index (χ4v) is 0.681. The van der Waals surface area contributed by atoms with Gasteiger partial charge in [0.2, 0.25) is 0 Å². The monoisotopic (exact) mass is 343 g/mol. The molecule has 0 atom stereocenters. The van der Waals surface area contributed by atoms with Crippen LogP contribution >= 0.6 is 44.3 Å². The van der Waals surface area contributed by atoms with E-state index in [9.17, 15) is 0 Å². The van der Waals surface area contributed by atoms with Crippen LogP contribution in [0.15, 0.2) is 5.16 Å². The molecule has 0 spiro atoms. The van der Waals surface area contributed by atoms with Crippen molar-refractivity contribution in [3.8, 4) is 0 Å². The van der Waals surface area contributed by atoms with Crippen molar-refractivity contribution in [2.75, 3.05) is 6.61 Å². The van der Waals surface area contributed by atoms with E-state index in [0.717, 1.165) is 18.6 Å².